The van der Waals surface area contributed by atoms with Gasteiger partial charge in [0.25, 0.3) is 0 Å². The molecule has 98 valence electrons. The van der Waals surface area contributed by atoms with E-state index in [2.05, 4.69) is 58.0 Å². The average Bonchev–Trinajstić information content (AvgIpc) is 2.35. The molecule has 0 radical (unpaired) electrons. The number of halogens is 1. The van der Waals surface area contributed by atoms with Gasteiger partial charge in [0, 0.05) is 41.8 Å². The normalized spacial score (nSPS) is 32.0. The maximum absolute atomic E-state index is 6.52. The lowest BCUT2D eigenvalue weighted by Gasteiger charge is -2.49. The fourth-order valence-corrected chi connectivity index (χ4v) is 3.87. The first kappa shape index (κ1) is 12.5. The van der Waals surface area contributed by atoms with Crippen molar-refractivity contribution in [2.75, 3.05) is 32.1 Å². The van der Waals surface area contributed by atoms with Gasteiger partial charge in [0.1, 0.15) is 0 Å². The van der Waals surface area contributed by atoms with Gasteiger partial charge in [-0.15, -0.1) is 0 Å². The SMILES string of the molecule is CN1CCC2C(C1)C(N)c1cc(Br)ccc1N2C. The highest BCUT2D eigenvalue weighted by Crippen LogP contribution is 2.42. The van der Waals surface area contributed by atoms with Crippen LogP contribution in [0.2, 0.25) is 0 Å². The van der Waals surface area contributed by atoms with Crippen LogP contribution >= 0.6 is 15.9 Å². The van der Waals surface area contributed by atoms with Crippen LogP contribution in [0.4, 0.5) is 5.69 Å². The number of nitrogens with two attached hydrogens (primary N) is 1. The molecule has 18 heavy (non-hydrogen) atoms. The highest BCUT2D eigenvalue weighted by atomic mass is 79.9. The number of piperidine rings is 1. The summed E-state index contributed by atoms with van der Waals surface area (Å²) < 4.78 is 1.12. The molecule has 2 heterocycles. The maximum Gasteiger partial charge on any atom is 0.0415 e. The van der Waals surface area contributed by atoms with Gasteiger partial charge >= 0.3 is 0 Å². The van der Waals surface area contributed by atoms with Crippen molar-refractivity contribution in [3.05, 3.63) is 28.2 Å². The van der Waals surface area contributed by atoms with Crippen molar-refractivity contribution in [2.24, 2.45) is 11.7 Å². The molecule has 3 unspecified atom stereocenters. The molecule has 1 aromatic carbocycles. The summed E-state index contributed by atoms with van der Waals surface area (Å²) in [6, 6.07) is 7.22. The predicted molar refractivity (Wildman–Crippen MR) is 78.9 cm³/mol. The average molecular weight is 310 g/mol. The van der Waals surface area contributed by atoms with Crippen molar-refractivity contribution in [1.29, 1.82) is 0 Å². The fourth-order valence-electron chi connectivity index (χ4n) is 3.50. The second kappa shape index (κ2) is 4.51. The summed E-state index contributed by atoms with van der Waals surface area (Å²) in [5, 5.41) is 0. The highest BCUT2D eigenvalue weighted by Gasteiger charge is 2.40. The van der Waals surface area contributed by atoms with E-state index in [4.69, 9.17) is 5.73 Å². The van der Waals surface area contributed by atoms with Crippen molar-refractivity contribution in [3.8, 4) is 0 Å². The van der Waals surface area contributed by atoms with E-state index < -0.39 is 0 Å². The molecule has 2 aliphatic rings. The summed E-state index contributed by atoms with van der Waals surface area (Å²) in [5.74, 6) is 0.538. The number of nitrogens with zero attached hydrogens (tertiary/aromatic N) is 2. The smallest absolute Gasteiger partial charge is 0.0415 e. The summed E-state index contributed by atoms with van der Waals surface area (Å²) in [7, 11) is 4.40. The quantitative estimate of drug-likeness (QED) is 0.797. The highest BCUT2D eigenvalue weighted by molar-refractivity contribution is 9.10. The van der Waals surface area contributed by atoms with E-state index >= 15 is 0 Å². The minimum atomic E-state index is 0.154. The molecule has 1 aromatic rings. The third-order valence-electron chi connectivity index (χ3n) is 4.51. The van der Waals surface area contributed by atoms with Gasteiger partial charge in [0.05, 0.1) is 0 Å². The van der Waals surface area contributed by atoms with Gasteiger partial charge in [-0.2, -0.15) is 0 Å². The Balaban J connectivity index is 2.03. The van der Waals surface area contributed by atoms with Gasteiger partial charge in [-0.05, 0) is 43.8 Å². The molecule has 2 aliphatic heterocycles. The van der Waals surface area contributed by atoms with Crippen LogP contribution in [0.15, 0.2) is 22.7 Å². The van der Waals surface area contributed by atoms with Gasteiger partial charge in [-0.25, -0.2) is 0 Å². The molecule has 0 spiro atoms. The van der Waals surface area contributed by atoms with E-state index in [1.165, 1.54) is 24.2 Å². The molecular formula is C14H20BrN3. The third-order valence-corrected chi connectivity index (χ3v) is 5.00. The first-order valence-corrected chi connectivity index (χ1v) is 7.33. The standard InChI is InChI=1S/C14H20BrN3/c1-17-6-5-13-11(8-17)14(16)10-7-9(15)3-4-12(10)18(13)2/h3-4,7,11,13-14H,5-6,8,16H2,1-2H3. The van der Waals surface area contributed by atoms with Crippen LogP contribution in [0.3, 0.4) is 0 Å². The summed E-state index contributed by atoms with van der Waals surface area (Å²) in [6.45, 7) is 2.27. The fraction of sp³-hybridized carbons (Fsp3) is 0.571. The maximum atomic E-state index is 6.52. The van der Waals surface area contributed by atoms with Crippen LogP contribution in [0.1, 0.15) is 18.0 Å². The lowest BCUT2D eigenvalue weighted by atomic mass is 9.78. The lowest BCUT2D eigenvalue weighted by Crippen LogP contribution is -2.55. The van der Waals surface area contributed by atoms with E-state index in [-0.39, 0.29) is 6.04 Å². The number of benzene rings is 1. The Morgan fingerprint density at radius 1 is 1.33 bits per heavy atom. The van der Waals surface area contributed by atoms with E-state index in [1.807, 2.05) is 0 Å². The first-order chi connectivity index (χ1) is 8.58. The number of rotatable bonds is 0. The Labute approximate surface area is 117 Å². The molecule has 0 saturated carbocycles. The second-order valence-corrected chi connectivity index (χ2v) is 6.54. The van der Waals surface area contributed by atoms with Crippen LogP contribution in [0.5, 0.6) is 0 Å². The molecule has 3 rings (SSSR count). The summed E-state index contributed by atoms with van der Waals surface area (Å²) in [4.78, 5) is 4.83. The van der Waals surface area contributed by atoms with Crippen molar-refractivity contribution in [3.63, 3.8) is 0 Å². The van der Waals surface area contributed by atoms with Crippen LogP contribution in [-0.2, 0) is 0 Å². The molecule has 3 atom stereocenters. The summed E-state index contributed by atoms with van der Waals surface area (Å²) >= 11 is 3.55. The van der Waals surface area contributed by atoms with Gasteiger partial charge in [-0.1, -0.05) is 15.9 Å². The number of likely N-dealkylation sites (tertiary alicyclic amines) is 1. The van der Waals surface area contributed by atoms with Crippen molar-refractivity contribution in [2.45, 2.75) is 18.5 Å². The molecule has 1 fully saturated rings. The number of anilines is 1. The topological polar surface area (TPSA) is 32.5 Å². The minimum absolute atomic E-state index is 0.154. The molecule has 1 saturated heterocycles. The molecular weight excluding hydrogens is 290 g/mol. The summed E-state index contributed by atoms with van der Waals surface area (Å²) in [5.41, 5.74) is 9.10. The van der Waals surface area contributed by atoms with Gasteiger partial charge < -0.3 is 15.5 Å². The minimum Gasteiger partial charge on any atom is -0.371 e. The molecule has 0 aromatic heterocycles. The van der Waals surface area contributed by atoms with E-state index in [1.54, 1.807) is 0 Å². The Kier molecular flexibility index (Phi) is 3.12. The van der Waals surface area contributed by atoms with Crippen LogP contribution in [-0.4, -0.2) is 38.1 Å². The van der Waals surface area contributed by atoms with Gasteiger partial charge in [-0.3, -0.25) is 0 Å². The molecule has 4 heteroatoms. The Bertz CT molecular complexity index is 462. The Morgan fingerprint density at radius 2 is 2.11 bits per heavy atom. The van der Waals surface area contributed by atoms with E-state index in [9.17, 15) is 0 Å². The van der Waals surface area contributed by atoms with Crippen LogP contribution in [0.25, 0.3) is 0 Å². The van der Waals surface area contributed by atoms with Gasteiger partial charge in [0.2, 0.25) is 0 Å². The molecule has 2 N–H and O–H groups in total. The van der Waals surface area contributed by atoms with E-state index in [0.29, 0.717) is 12.0 Å². The number of fused-ring (bicyclic) bond motifs is 2. The van der Waals surface area contributed by atoms with Crippen LogP contribution < -0.4 is 10.6 Å². The zero-order valence-electron chi connectivity index (χ0n) is 10.9. The van der Waals surface area contributed by atoms with Crippen molar-refractivity contribution < 1.29 is 0 Å². The van der Waals surface area contributed by atoms with Crippen molar-refractivity contribution in [1.82, 2.24) is 4.90 Å². The first-order valence-electron chi connectivity index (χ1n) is 6.54. The molecule has 0 bridgehead atoms. The van der Waals surface area contributed by atoms with Gasteiger partial charge in [0.15, 0.2) is 0 Å². The van der Waals surface area contributed by atoms with Crippen LogP contribution in [0, 0.1) is 5.92 Å². The number of hydrogen-bond acceptors (Lipinski definition) is 3. The molecule has 0 aliphatic carbocycles. The Morgan fingerprint density at radius 3 is 2.89 bits per heavy atom. The Hall–Kier alpha value is -0.580. The number of hydrogen-bond donors (Lipinski definition) is 1. The predicted octanol–water partition coefficient (Wildman–Crippen LogP) is 2.22. The molecule has 3 nitrogen and oxygen atoms in total. The largest absolute Gasteiger partial charge is 0.371 e. The zero-order valence-corrected chi connectivity index (χ0v) is 12.5. The summed E-state index contributed by atoms with van der Waals surface area (Å²) in [6.07, 6.45) is 1.21. The van der Waals surface area contributed by atoms with Crippen molar-refractivity contribution >= 4 is 21.6 Å². The third kappa shape index (κ3) is 1.87. The van der Waals surface area contributed by atoms with E-state index in [0.717, 1.165) is 11.0 Å². The zero-order chi connectivity index (χ0) is 12.9. The molecule has 0 amide bonds. The lowest BCUT2D eigenvalue weighted by molar-refractivity contribution is 0.154. The monoisotopic (exact) mass is 309 g/mol. The second-order valence-electron chi connectivity index (χ2n) is 5.62.